The van der Waals surface area contributed by atoms with E-state index in [1.165, 1.54) is 0 Å². The van der Waals surface area contributed by atoms with E-state index < -0.39 is 30.1 Å². The minimum Gasteiger partial charge on any atom is -0.480 e. The largest absolute Gasteiger partial charge is 0.480 e. The first-order valence-corrected chi connectivity index (χ1v) is 10.5. The molecule has 0 bridgehead atoms. The topological polar surface area (TPSA) is 105 Å². The molecule has 0 aliphatic heterocycles. The fourth-order valence-electron chi connectivity index (χ4n) is 3.81. The van der Waals surface area contributed by atoms with E-state index in [0.29, 0.717) is 0 Å². The van der Waals surface area contributed by atoms with Gasteiger partial charge in [-0.3, -0.25) is 4.79 Å². The standard InChI is InChI=1S/C25H26N2O5/c1-3-5-14-22(23(28)26-21(4-2)24(29)30)27-25(31)32-15-20-18-12-8-6-10-16(18)17-11-7-9-13-19(17)20/h6-13,20-22H,4,14-15H2,1-2H3,(H,26,28)(H,27,31)(H,29,30). The summed E-state index contributed by atoms with van der Waals surface area (Å²) in [6, 6.07) is 13.9. The third-order valence-corrected chi connectivity index (χ3v) is 5.46. The number of carboxylic acids is 1. The van der Waals surface area contributed by atoms with Gasteiger partial charge >= 0.3 is 12.1 Å². The van der Waals surface area contributed by atoms with Crippen LogP contribution in [-0.2, 0) is 14.3 Å². The number of carbonyl (C=O) groups excluding carboxylic acids is 2. The van der Waals surface area contributed by atoms with E-state index in [-0.39, 0.29) is 25.4 Å². The minimum absolute atomic E-state index is 0.0442. The summed E-state index contributed by atoms with van der Waals surface area (Å²) in [5.41, 5.74) is 4.40. The average molecular weight is 434 g/mol. The lowest BCUT2D eigenvalue weighted by Crippen LogP contribution is -2.51. The molecule has 2 amide bonds. The van der Waals surface area contributed by atoms with Gasteiger partial charge in [-0.1, -0.05) is 55.5 Å². The molecule has 0 saturated heterocycles. The van der Waals surface area contributed by atoms with Crippen molar-refractivity contribution in [3.63, 3.8) is 0 Å². The van der Waals surface area contributed by atoms with Crippen LogP contribution in [0.2, 0.25) is 0 Å². The number of alkyl carbamates (subject to hydrolysis) is 1. The van der Waals surface area contributed by atoms with Crippen molar-refractivity contribution in [2.75, 3.05) is 6.61 Å². The molecule has 3 rings (SSSR count). The van der Waals surface area contributed by atoms with Gasteiger partial charge in [-0.2, -0.15) is 0 Å². The molecule has 0 fully saturated rings. The van der Waals surface area contributed by atoms with Crippen molar-refractivity contribution in [2.24, 2.45) is 0 Å². The summed E-state index contributed by atoms with van der Waals surface area (Å²) in [5, 5.41) is 14.1. The number of carboxylic acid groups (broad SMARTS) is 1. The minimum atomic E-state index is -1.14. The fraction of sp³-hybridized carbons (Fsp3) is 0.320. The number of amides is 2. The Morgan fingerprint density at radius 3 is 2.12 bits per heavy atom. The maximum Gasteiger partial charge on any atom is 0.407 e. The van der Waals surface area contributed by atoms with Crippen LogP contribution in [0.4, 0.5) is 4.79 Å². The summed E-state index contributed by atoms with van der Waals surface area (Å²) in [4.78, 5) is 36.3. The second-order valence-corrected chi connectivity index (χ2v) is 7.46. The van der Waals surface area contributed by atoms with Crippen molar-refractivity contribution in [1.29, 1.82) is 0 Å². The highest BCUT2D eigenvalue weighted by molar-refractivity contribution is 5.89. The molecule has 2 unspecified atom stereocenters. The molecular formula is C25H26N2O5. The second-order valence-electron chi connectivity index (χ2n) is 7.46. The summed E-state index contributed by atoms with van der Waals surface area (Å²) < 4.78 is 5.48. The van der Waals surface area contributed by atoms with E-state index in [0.717, 1.165) is 22.3 Å². The fourth-order valence-corrected chi connectivity index (χ4v) is 3.81. The molecule has 0 radical (unpaired) electrons. The normalized spacial score (nSPS) is 13.6. The van der Waals surface area contributed by atoms with Crippen LogP contribution >= 0.6 is 0 Å². The van der Waals surface area contributed by atoms with Crippen molar-refractivity contribution >= 4 is 18.0 Å². The molecule has 166 valence electrons. The first-order chi connectivity index (χ1) is 15.5. The molecule has 7 heteroatoms. The number of ether oxygens (including phenoxy) is 1. The van der Waals surface area contributed by atoms with Crippen LogP contribution in [-0.4, -0.2) is 41.8 Å². The number of rotatable bonds is 8. The Labute approximate surface area is 187 Å². The molecule has 3 N–H and O–H groups in total. The summed E-state index contributed by atoms with van der Waals surface area (Å²) >= 11 is 0. The van der Waals surface area contributed by atoms with E-state index in [1.807, 2.05) is 48.5 Å². The summed E-state index contributed by atoms with van der Waals surface area (Å²) in [6.07, 6.45) is -0.492. The van der Waals surface area contributed by atoms with Crippen LogP contribution in [0.15, 0.2) is 48.5 Å². The third-order valence-electron chi connectivity index (χ3n) is 5.46. The van der Waals surface area contributed by atoms with Gasteiger partial charge < -0.3 is 20.5 Å². The molecule has 2 aromatic rings. The predicted octanol–water partition coefficient (Wildman–Crippen LogP) is 3.29. The smallest absolute Gasteiger partial charge is 0.407 e. The quantitative estimate of drug-likeness (QED) is 0.553. The molecule has 1 aliphatic rings. The van der Waals surface area contributed by atoms with Gasteiger partial charge in [-0.05, 0) is 35.6 Å². The Kier molecular flexibility index (Phi) is 7.50. The van der Waals surface area contributed by atoms with Crippen molar-refractivity contribution in [2.45, 2.75) is 44.7 Å². The van der Waals surface area contributed by atoms with Gasteiger partial charge in [0.15, 0.2) is 0 Å². The molecule has 0 heterocycles. The van der Waals surface area contributed by atoms with Crippen molar-refractivity contribution in [3.05, 3.63) is 59.7 Å². The van der Waals surface area contributed by atoms with Crippen molar-refractivity contribution in [1.82, 2.24) is 10.6 Å². The van der Waals surface area contributed by atoms with Gasteiger partial charge in [0.25, 0.3) is 0 Å². The van der Waals surface area contributed by atoms with Gasteiger partial charge in [-0.25, -0.2) is 9.59 Å². The Bertz CT molecular complexity index is 1020. The zero-order valence-electron chi connectivity index (χ0n) is 18.1. The molecule has 32 heavy (non-hydrogen) atoms. The second kappa shape index (κ2) is 10.5. The molecule has 2 aromatic carbocycles. The average Bonchev–Trinajstić information content (AvgIpc) is 3.12. The summed E-state index contributed by atoms with van der Waals surface area (Å²) in [5.74, 6) is 3.57. The lowest BCUT2D eigenvalue weighted by atomic mass is 9.98. The van der Waals surface area contributed by atoms with Gasteiger partial charge in [0.2, 0.25) is 5.91 Å². The summed E-state index contributed by atoms with van der Waals surface area (Å²) in [6.45, 7) is 3.38. The number of hydrogen-bond donors (Lipinski definition) is 3. The van der Waals surface area contributed by atoms with Crippen LogP contribution in [0.1, 0.15) is 43.7 Å². The highest BCUT2D eigenvalue weighted by atomic mass is 16.5. The highest BCUT2D eigenvalue weighted by Crippen LogP contribution is 2.44. The van der Waals surface area contributed by atoms with Crippen LogP contribution in [0.5, 0.6) is 0 Å². The Balaban J connectivity index is 1.67. The maximum absolute atomic E-state index is 12.5. The first-order valence-electron chi connectivity index (χ1n) is 10.5. The van der Waals surface area contributed by atoms with E-state index in [2.05, 4.69) is 22.5 Å². The van der Waals surface area contributed by atoms with Crippen molar-refractivity contribution < 1.29 is 24.2 Å². The Morgan fingerprint density at radius 2 is 1.59 bits per heavy atom. The lowest BCUT2D eigenvalue weighted by molar-refractivity contribution is -0.142. The number of aliphatic carboxylic acids is 1. The molecule has 1 aliphatic carbocycles. The van der Waals surface area contributed by atoms with E-state index in [9.17, 15) is 19.5 Å². The van der Waals surface area contributed by atoms with Gasteiger partial charge in [0, 0.05) is 12.3 Å². The Morgan fingerprint density at radius 1 is 1.00 bits per heavy atom. The monoisotopic (exact) mass is 434 g/mol. The van der Waals surface area contributed by atoms with Gasteiger partial charge in [0.05, 0.1) is 0 Å². The number of carbonyl (C=O) groups is 3. The molecular weight excluding hydrogens is 408 g/mol. The summed E-state index contributed by atoms with van der Waals surface area (Å²) in [7, 11) is 0. The maximum atomic E-state index is 12.5. The zero-order chi connectivity index (χ0) is 23.1. The number of benzene rings is 2. The lowest BCUT2D eigenvalue weighted by Gasteiger charge is -2.20. The molecule has 0 spiro atoms. The van der Waals surface area contributed by atoms with Crippen LogP contribution in [0, 0.1) is 11.8 Å². The number of nitrogens with one attached hydrogen (secondary N) is 2. The zero-order valence-corrected chi connectivity index (χ0v) is 18.1. The van der Waals surface area contributed by atoms with Crippen LogP contribution in [0.25, 0.3) is 11.1 Å². The van der Waals surface area contributed by atoms with Crippen LogP contribution in [0.3, 0.4) is 0 Å². The van der Waals surface area contributed by atoms with E-state index >= 15 is 0 Å². The predicted molar refractivity (Wildman–Crippen MR) is 120 cm³/mol. The Hall–Kier alpha value is -3.79. The van der Waals surface area contributed by atoms with E-state index in [1.54, 1.807) is 13.8 Å². The molecule has 7 nitrogen and oxygen atoms in total. The number of fused-ring (bicyclic) bond motifs is 3. The first kappa shape index (κ1) is 22.9. The molecule has 0 aromatic heterocycles. The molecule has 2 atom stereocenters. The van der Waals surface area contributed by atoms with Crippen LogP contribution < -0.4 is 10.6 Å². The molecule has 0 saturated carbocycles. The third kappa shape index (κ3) is 5.09. The number of hydrogen-bond acceptors (Lipinski definition) is 4. The van der Waals surface area contributed by atoms with Crippen molar-refractivity contribution in [3.8, 4) is 23.0 Å². The van der Waals surface area contributed by atoms with Gasteiger partial charge in [0.1, 0.15) is 18.7 Å². The van der Waals surface area contributed by atoms with Gasteiger partial charge in [-0.15, -0.1) is 11.8 Å². The SMILES string of the molecule is CC#CCC(NC(=O)OCC1c2ccccc2-c2ccccc21)C(=O)NC(CC)C(=O)O. The van der Waals surface area contributed by atoms with E-state index in [4.69, 9.17) is 4.74 Å². The highest BCUT2D eigenvalue weighted by Gasteiger charge is 2.30.